The fourth-order valence-corrected chi connectivity index (χ4v) is 9.96. The Kier molecular flexibility index (Phi) is 5.60. The van der Waals surface area contributed by atoms with Crippen molar-refractivity contribution in [2.45, 2.75) is 19.3 Å². The summed E-state index contributed by atoms with van der Waals surface area (Å²) in [5.41, 5.74) is 12.6. The summed E-state index contributed by atoms with van der Waals surface area (Å²) in [6.07, 6.45) is 0. The van der Waals surface area contributed by atoms with Gasteiger partial charge in [0.1, 0.15) is 0 Å². The maximum atomic E-state index is 2.55. The molecule has 0 fully saturated rings. The van der Waals surface area contributed by atoms with Crippen LogP contribution >= 0.6 is 0 Å². The number of hydrogen-bond donors (Lipinski definition) is 0. The van der Waals surface area contributed by atoms with Gasteiger partial charge in [-0.15, -0.1) is 0 Å². The van der Waals surface area contributed by atoms with E-state index in [9.17, 15) is 0 Å². The van der Waals surface area contributed by atoms with Crippen molar-refractivity contribution in [2.75, 3.05) is 0 Å². The van der Waals surface area contributed by atoms with E-state index in [1.54, 1.807) is 0 Å². The largest absolute Gasteiger partial charge is 0.309 e. The maximum Gasteiger partial charge on any atom is 0.0588 e. The van der Waals surface area contributed by atoms with Crippen LogP contribution < -0.4 is 0 Å². The molecule has 11 aromatic rings. The highest BCUT2D eigenvalue weighted by Gasteiger charge is 2.39. The Balaban J connectivity index is 1.18. The summed E-state index contributed by atoms with van der Waals surface area (Å²) in [6.45, 7) is 4.87. The number of rotatable bonds is 2. The van der Waals surface area contributed by atoms with E-state index >= 15 is 0 Å². The van der Waals surface area contributed by atoms with Crippen LogP contribution in [0.25, 0.3) is 98.4 Å². The first-order valence-electron chi connectivity index (χ1n) is 18.6. The summed E-state index contributed by atoms with van der Waals surface area (Å²) in [5, 5.41) is 13.0. The first-order chi connectivity index (χ1) is 26.1. The molecule has 0 unspecified atom stereocenters. The molecular formula is C51H34N2. The Hall–Kier alpha value is -6.64. The first kappa shape index (κ1) is 29.0. The van der Waals surface area contributed by atoms with Gasteiger partial charge < -0.3 is 9.13 Å². The van der Waals surface area contributed by atoms with E-state index in [1.165, 1.54) is 110 Å². The van der Waals surface area contributed by atoms with Crippen LogP contribution in [-0.4, -0.2) is 9.13 Å². The van der Waals surface area contributed by atoms with Crippen molar-refractivity contribution in [2.24, 2.45) is 0 Å². The van der Waals surface area contributed by atoms with Crippen LogP contribution in [0.2, 0.25) is 0 Å². The maximum absolute atomic E-state index is 2.55. The third-order valence-corrected chi connectivity index (χ3v) is 12.2. The summed E-state index contributed by atoms with van der Waals surface area (Å²) in [7, 11) is 0. The third kappa shape index (κ3) is 3.72. The minimum atomic E-state index is -0.231. The van der Waals surface area contributed by atoms with Crippen molar-refractivity contribution >= 4 is 75.9 Å². The van der Waals surface area contributed by atoms with Gasteiger partial charge in [0.25, 0.3) is 0 Å². The molecule has 9 aromatic carbocycles. The summed E-state index contributed by atoms with van der Waals surface area (Å²) in [4.78, 5) is 0. The molecule has 0 bridgehead atoms. The van der Waals surface area contributed by atoms with E-state index in [2.05, 4.69) is 193 Å². The number of para-hydroxylation sites is 3. The molecule has 0 saturated carbocycles. The molecular weight excluding hydrogens is 641 g/mol. The number of hydrogen-bond acceptors (Lipinski definition) is 0. The van der Waals surface area contributed by atoms with E-state index in [0.29, 0.717) is 0 Å². The van der Waals surface area contributed by atoms with Crippen LogP contribution in [0, 0.1) is 0 Å². The smallest absolute Gasteiger partial charge is 0.0588 e. The van der Waals surface area contributed by atoms with E-state index in [-0.39, 0.29) is 5.41 Å². The molecule has 0 radical (unpaired) electrons. The molecule has 0 amide bonds. The van der Waals surface area contributed by atoms with Crippen molar-refractivity contribution in [1.82, 2.24) is 9.13 Å². The Bertz CT molecular complexity index is 3360. The van der Waals surface area contributed by atoms with Crippen LogP contribution in [0.15, 0.2) is 170 Å². The molecule has 0 aliphatic heterocycles. The summed E-state index contributed by atoms with van der Waals surface area (Å²) >= 11 is 0. The Labute approximate surface area is 306 Å². The molecule has 1 aliphatic rings. The summed E-state index contributed by atoms with van der Waals surface area (Å²) < 4.78 is 4.95. The molecule has 12 rings (SSSR count). The highest BCUT2D eigenvalue weighted by atomic mass is 15.0. The zero-order chi connectivity index (χ0) is 35.0. The quantitative estimate of drug-likeness (QED) is 0.162. The molecule has 53 heavy (non-hydrogen) atoms. The average molecular weight is 675 g/mol. The molecule has 1 aliphatic carbocycles. The second-order valence-corrected chi connectivity index (χ2v) is 15.3. The standard InChI is InChI=1S/C51H34N2/c1-51(2)45-30-42-36-19-9-7-17-34(36)33-16-6-8-18-35(33)41(42)29-43(45)39-25-26-40-37-20-10-13-23-47(37)53(50(40)49(39)51)32-24-27-48-44(28-32)38-21-11-12-22-46(38)52(48)31-14-4-3-5-15-31/h3-30H,1-2H3. The lowest BCUT2D eigenvalue weighted by Gasteiger charge is -2.24. The molecule has 0 N–H and O–H groups in total. The predicted molar refractivity (Wildman–Crippen MR) is 225 cm³/mol. The van der Waals surface area contributed by atoms with Crippen LogP contribution in [0.4, 0.5) is 0 Å². The van der Waals surface area contributed by atoms with Gasteiger partial charge >= 0.3 is 0 Å². The molecule has 2 aromatic heterocycles. The van der Waals surface area contributed by atoms with Gasteiger partial charge in [-0.3, -0.25) is 0 Å². The molecule has 248 valence electrons. The van der Waals surface area contributed by atoms with Gasteiger partial charge in [0.05, 0.1) is 22.1 Å². The predicted octanol–water partition coefficient (Wildman–Crippen LogP) is 13.6. The lowest BCUT2D eigenvalue weighted by molar-refractivity contribution is 0.665. The van der Waals surface area contributed by atoms with Crippen molar-refractivity contribution in [3.8, 4) is 22.5 Å². The molecule has 0 saturated heterocycles. The molecule has 2 heterocycles. The van der Waals surface area contributed by atoms with Gasteiger partial charge in [0.15, 0.2) is 0 Å². The number of fused-ring (bicyclic) bond motifs is 16. The zero-order valence-corrected chi connectivity index (χ0v) is 29.6. The average Bonchev–Trinajstić information content (AvgIpc) is 3.80. The van der Waals surface area contributed by atoms with E-state index < -0.39 is 0 Å². The summed E-state index contributed by atoms with van der Waals surface area (Å²) in [5.74, 6) is 0. The van der Waals surface area contributed by atoms with Crippen molar-refractivity contribution in [3.63, 3.8) is 0 Å². The molecule has 0 spiro atoms. The number of benzene rings is 9. The third-order valence-electron chi connectivity index (χ3n) is 12.2. The Morgan fingerprint density at radius 1 is 0.340 bits per heavy atom. The molecule has 2 nitrogen and oxygen atoms in total. The van der Waals surface area contributed by atoms with Gasteiger partial charge in [-0.05, 0) is 109 Å². The fourth-order valence-electron chi connectivity index (χ4n) is 9.96. The monoisotopic (exact) mass is 674 g/mol. The van der Waals surface area contributed by atoms with Gasteiger partial charge in [-0.25, -0.2) is 0 Å². The van der Waals surface area contributed by atoms with Crippen molar-refractivity contribution < 1.29 is 0 Å². The zero-order valence-electron chi connectivity index (χ0n) is 29.6. The molecule has 0 atom stereocenters. The van der Waals surface area contributed by atoms with Crippen molar-refractivity contribution in [1.29, 1.82) is 0 Å². The van der Waals surface area contributed by atoms with Crippen LogP contribution in [0.5, 0.6) is 0 Å². The minimum Gasteiger partial charge on any atom is -0.309 e. The number of nitrogens with zero attached hydrogens (tertiary/aromatic N) is 2. The second-order valence-electron chi connectivity index (χ2n) is 15.3. The van der Waals surface area contributed by atoms with Crippen LogP contribution in [0.1, 0.15) is 25.0 Å². The topological polar surface area (TPSA) is 9.86 Å². The lowest BCUT2D eigenvalue weighted by atomic mass is 9.80. The summed E-state index contributed by atoms with van der Waals surface area (Å²) in [6, 6.07) is 63.2. The van der Waals surface area contributed by atoms with Gasteiger partial charge in [-0.1, -0.05) is 129 Å². The van der Waals surface area contributed by atoms with Gasteiger partial charge in [-0.2, -0.15) is 0 Å². The molecule has 2 heteroatoms. The van der Waals surface area contributed by atoms with Gasteiger partial charge in [0.2, 0.25) is 0 Å². The van der Waals surface area contributed by atoms with E-state index in [0.717, 1.165) is 0 Å². The van der Waals surface area contributed by atoms with E-state index in [4.69, 9.17) is 0 Å². The first-order valence-corrected chi connectivity index (χ1v) is 18.6. The fraction of sp³-hybridized carbons (Fsp3) is 0.0588. The number of aromatic nitrogens is 2. The SMILES string of the molecule is CC1(C)c2cc3c4ccccc4c4ccccc4c3cc2-c2ccc3c4ccccc4n(-c4ccc5c(c4)c4ccccc4n5-c4ccccc4)c3c21. The van der Waals surface area contributed by atoms with Crippen molar-refractivity contribution in [3.05, 3.63) is 181 Å². The minimum absolute atomic E-state index is 0.231. The lowest BCUT2D eigenvalue weighted by Crippen LogP contribution is -2.16. The second kappa shape index (κ2) is 10.2. The Morgan fingerprint density at radius 2 is 0.868 bits per heavy atom. The normalized spacial score (nSPS) is 13.6. The van der Waals surface area contributed by atoms with Crippen LogP contribution in [-0.2, 0) is 5.41 Å². The van der Waals surface area contributed by atoms with Crippen LogP contribution in [0.3, 0.4) is 0 Å². The highest BCUT2D eigenvalue weighted by Crippen LogP contribution is 2.55. The van der Waals surface area contributed by atoms with E-state index in [1.807, 2.05) is 0 Å². The highest BCUT2D eigenvalue weighted by molar-refractivity contribution is 6.26. The Morgan fingerprint density at radius 3 is 1.55 bits per heavy atom. The van der Waals surface area contributed by atoms with Gasteiger partial charge in [0, 0.05) is 38.3 Å².